The van der Waals surface area contributed by atoms with Crippen LogP contribution in [0, 0.1) is 5.82 Å². The lowest BCUT2D eigenvalue weighted by Crippen LogP contribution is -2.14. The zero-order valence-electron chi connectivity index (χ0n) is 11.8. The molecule has 0 radical (unpaired) electrons. The molecule has 1 aliphatic heterocycles. The largest absolute Gasteiger partial charge is 0.467 e. The first-order valence-corrected chi connectivity index (χ1v) is 7.68. The lowest BCUT2D eigenvalue weighted by atomic mass is 10.1. The number of furan rings is 1. The minimum Gasteiger partial charge on any atom is -0.467 e. The van der Waals surface area contributed by atoms with Gasteiger partial charge in [-0.15, -0.1) is 0 Å². The van der Waals surface area contributed by atoms with Crippen LogP contribution in [-0.2, 0) is 23.6 Å². The third kappa shape index (κ3) is 3.61. The molecule has 0 spiro atoms. The molecule has 2 N–H and O–H groups in total. The van der Waals surface area contributed by atoms with E-state index >= 15 is 0 Å². The number of rotatable bonds is 4. The third-order valence-corrected chi connectivity index (χ3v) is 3.98. The molecule has 116 valence electrons. The monoisotopic (exact) mass is 322 g/mol. The molecule has 1 aromatic carbocycles. The molecule has 0 amide bonds. The van der Waals surface area contributed by atoms with Crippen molar-refractivity contribution in [2.75, 3.05) is 6.79 Å². The molecule has 22 heavy (non-hydrogen) atoms. The molecule has 1 aliphatic rings. The van der Waals surface area contributed by atoms with Gasteiger partial charge in [0.15, 0.2) is 12.0 Å². The van der Waals surface area contributed by atoms with E-state index in [1.165, 1.54) is 23.9 Å². The zero-order chi connectivity index (χ0) is 15.4. The third-order valence-electron chi connectivity index (χ3n) is 3.10. The van der Waals surface area contributed by atoms with Gasteiger partial charge in [0.25, 0.3) is 0 Å². The summed E-state index contributed by atoms with van der Waals surface area (Å²) in [5.74, 6) is 1.59. The summed E-state index contributed by atoms with van der Waals surface area (Å²) in [4.78, 5) is 4.22. The Morgan fingerprint density at radius 3 is 3.14 bits per heavy atom. The predicted octanol–water partition coefficient (Wildman–Crippen LogP) is 3.03. The van der Waals surface area contributed by atoms with Gasteiger partial charge in [0.1, 0.15) is 17.3 Å². The van der Waals surface area contributed by atoms with Crippen molar-refractivity contribution in [1.82, 2.24) is 0 Å². The Bertz CT molecular complexity index is 674. The van der Waals surface area contributed by atoms with Gasteiger partial charge in [-0.25, -0.2) is 4.39 Å². The Labute approximate surface area is 131 Å². The van der Waals surface area contributed by atoms with E-state index in [0.717, 1.165) is 11.3 Å². The van der Waals surface area contributed by atoms with Crippen LogP contribution in [0.25, 0.3) is 0 Å². The van der Waals surface area contributed by atoms with Crippen molar-refractivity contribution in [3.63, 3.8) is 0 Å². The van der Waals surface area contributed by atoms with Crippen molar-refractivity contribution < 1.29 is 18.3 Å². The molecular formula is C15H15FN2O3S. The second kappa shape index (κ2) is 6.85. The number of hydrogen-bond acceptors (Lipinski definition) is 5. The minimum absolute atomic E-state index is 0.179. The molecule has 7 heteroatoms. The normalized spacial score (nSPS) is 14.5. The summed E-state index contributed by atoms with van der Waals surface area (Å²) in [7, 11) is 0. The van der Waals surface area contributed by atoms with Crippen LogP contribution in [0.2, 0.25) is 0 Å². The highest BCUT2D eigenvalue weighted by Gasteiger charge is 2.17. The lowest BCUT2D eigenvalue weighted by molar-refractivity contribution is -0.0171. The van der Waals surface area contributed by atoms with E-state index in [1.807, 2.05) is 6.07 Å². The number of aliphatic imine (C=N–C) groups is 1. The second-order valence-corrected chi connectivity index (χ2v) is 5.68. The molecule has 0 bridgehead atoms. The van der Waals surface area contributed by atoms with Crippen molar-refractivity contribution in [2.24, 2.45) is 10.7 Å². The van der Waals surface area contributed by atoms with Crippen LogP contribution >= 0.6 is 11.8 Å². The molecule has 2 aromatic rings. The summed E-state index contributed by atoms with van der Waals surface area (Å²) in [5.41, 5.74) is 7.33. The van der Waals surface area contributed by atoms with Gasteiger partial charge in [0, 0.05) is 16.9 Å². The maximum Gasteiger partial charge on any atom is 0.189 e. The van der Waals surface area contributed by atoms with Gasteiger partial charge in [-0.3, -0.25) is 4.99 Å². The number of nitrogens with zero attached hydrogens (tertiary/aromatic N) is 1. The second-order valence-electron chi connectivity index (χ2n) is 4.69. The number of benzene rings is 1. The average molecular weight is 322 g/mol. The fourth-order valence-corrected chi connectivity index (χ4v) is 2.79. The molecule has 2 heterocycles. The highest BCUT2D eigenvalue weighted by Crippen LogP contribution is 2.31. The molecule has 5 nitrogen and oxygen atoms in total. The van der Waals surface area contributed by atoms with E-state index in [9.17, 15) is 4.39 Å². The number of hydrogen-bond donors (Lipinski definition) is 1. The summed E-state index contributed by atoms with van der Waals surface area (Å²) in [6, 6.07) is 6.51. The quantitative estimate of drug-likeness (QED) is 0.692. The first kappa shape index (κ1) is 14.9. The van der Waals surface area contributed by atoms with E-state index in [-0.39, 0.29) is 12.6 Å². The SMILES string of the molecule is NC(=NCc1ccco1)SCc1cc(F)cc2c1OCOC2. The van der Waals surface area contributed by atoms with Crippen LogP contribution in [0.15, 0.2) is 39.9 Å². The van der Waals surface area contributed by atoms with Crippen LogP contribution in [0.1, 0.15) is 16.9 Å². The highest BCUT2D eigenvalue weighted by atomic mass is 32.2. The molecule has 0 saturated heterocycles. The fourth-order valence-electron chi connectivity index (χ4n) is 2.12. The van der Waals surface area contributed by atoms with Crippen molar-refractivity contribution in [3.05, 3.63) is 53.2 Å². The number of nitrogens with two attached hydrogens (primary N) is 1. The number of halogens is 1. The van der Waals surface area contributed by atoms with Crippen LogP contribution in [0.5, 0.6) is 5.75 Å². The van der Waals surface area contributed by atoms with Gasteiger partial charge in [-0.05, 0) is 24.3 Å². The van der Waals surface area contributed by atoms with Gasteiger partial charge in [-0.2, -0.15) is 0 Å². The van der Waals surface area contributed by atoms with E-state index < -0.39 is 0 Å². The van der Waals surface area contributed by atoms with Crippen molar-refractivity contribution in [3.8, 4) is 5.75 Å². The molecule has 1 aromatic heterocycles. The standard InChI is InChI=1S/C15H15FN2O3S/c16-12-4-10-7-19-9-21-14(10)11(5-12)8-22-15(17)18-6-13-2-1-3-20-13/h1-5H,6-9H2,(H2,17,18). The molecule has 0 saturated carbocycles. The Hall–Kier alpha value is -1.99. The van der Waals surface area contributed by atoms with Crippen molar-refractivity contribution >= 4 is 16.9 Å². The van der Waals surface area contributed by atoms with E-state index in [2.05, 4.69) is 4.99 Å². The number of thioether (sulfide) groups is 1. The minimum atomic E-state index is -0.311. The Morgan fingerprint density at radius 2 is 2.32 bits per heavy atom. The molecule has 0 fully saturated rings. The Kier molecular flexibility index (Phi) is 4.65. The predicted molar refractivity (Wildman–Crippen MR) is 82.0 cm³/mol. The van der Waals surface area contributed by atoms with Crippen LogP contribution in [0.4, 0.5) is 4.39 Å². The van der Waals surface area contributed by atoms with Crippen LogP contribution in [-0.4, -0.2) is 12.0 Å². The van der Waals surface area contributed by atoms with Gasteiger partial charge in [0.05, 0.1) is 19.4 Å². The summed E-state index contributed by atoms with van der Waals surface area (Å²) >= 11 is 1.33. The smallest absolute Gasteiger partial charge is 0.189 e. The summed E-state index contributed by atoms with van der Waals surface area (Å²) in [6.07, 6.45) is 1.59. The number of fused-ring (bicyclic) bond motifs is 1. The van der Waals surface area contributed by atoms with Crippen molar-refractivity contribution in [2.45, 2.75) is 18.9 Å². The zero-order valence-corrected chi connectivity index (χ0v) is 12.6. The maximum absolute atomic E-state index is 13.6. The molecule has 0 unspecified atom stereocenters. The highest BCUT2D eigenvalue weighted by molar-refractivity contribution is 8.13. The Morgan fingerprint density at radius 1 is 1.41 bits per heavy atom. The van der Waals surface area contributed by atoms with E-state index in [4.69, 9.17) is 19.6 Å². The van der Waals surface area contributed by atoms with Gasteiger partial charge < -0.3 is 19.6 Å². The van der Waals surface area contributed by atoms with Gasteiger partial charge in [-0.1, -0.05) is 11.8 Å². The van der Waals surface area contributed by atoms with Crippen molar-refractivity contribution in [1.29, 1.82) is 0 Å². The summed E-state index contributed by atoms with van der Waals surface area (Å²) < 4.78 is 29.4. The fraction of sp³-hybridized carbons (Fsp3) is 0.267. The van der Waals surface area contributed by atoms with E-state index in [0.29, 0.717) is 35.4 Å². The molecular weight excluding hydrogens is 307 g/mol. The van der Waals surface area contributed by atoms with Gasteiger partial charge in [0.2, 0.25) is 0 Å². The lowest BCUT2D eigenvalue weighted by Gasteiger charge is -2.20. The molecule has 0 atom stereocenters. The first-order chi connectivity index (χ1) is 10.7. The van der Waals surface area contributed by atoms with E-state index in [1.54, 1.807) is 12.3 Å². The first-order valence-electron chi connectivity index (χ1n) is 6.69. The summed E-state index contributed by atoms with van der Waals surface area (Å²) in [5, 5.41) is 0.418. The maximum atomic E-state index is 13.6. The number of ether oxygens (including phenoxy) is 2. The Balaban J connectivity index is 1.66. The van der Waals surface area contributed by atoms with Gasteiger partial charge >= 0.3 is 0 Å². The topological polar surface area (TPSA) is 70.0 Å². The number of amidine groups is 1. The average Bonchev–Trinajstić information content (AvgIpc) is 3.04. The summed E-state index contributed by atoms with van der Waals surface area (Å²) in [6.45, 7) is 0.919. The molecule has 0 aliphatic carbocycles. The van der Waals surface area contributed by atoms with Crippen LogP contribution in [0.3, 0.4) is 0 Å². The molecule has 3 rings (SSSR count). The van der Waals surface area contributed by atoms with Crippen LogP contribution < -0.4 is 10.5 Å².